The number of piperidine rings is 1. The van der Waals surface area contributed by atoms with Crippen molar-refractivity contribution >= 4 is 5.97 Å². The van der Waals surface area contributed by atoms with Crippen molar-refractivity contribution in [1.82, 2.24) is 4.90 Å². The van der Waals surface area contributed by atoms with Gasteiger partial charge in [-0.1, -0.05) is 27.6 Å². The van der Waals surface area contributed by atoms with Gasteiger partial charge >= 0.3 is 5.97 Å². The molecule has 3 rings (SSSR count). The molecule has 1 saturated heterocycles. The van der Waals surface area contributed by atoms with Crippen LogP contribution >= 0.6 is 0 Å². The molecule has 2 aliphatic rings. The van der Waals surface area contributed by atoms with Crippen molar-refractivity contribution in [2.75, 3.05) is 27.2 Å². The normalized spacial score (nSPS) is 33.9. The molecule has 6 heteroatoms. The highest BCUT2D eigenvalue weighted by atomic mass is 16.5. The summed E-state index contributed by atoms with van der Waals surface area (Å²) in [5, 5.41) is 0. The molecule has 1 fully saturated rings. The Labute approximate surface area is 199 Å². The van der Waals surface area contributed by atoms with Crippen LogP contribution < -0.4 is 15.2 Å². The lowest BCUT2D eigenvalue weighted by Crippen LogP contribution is -2.51. The Morgan fingerprint density at radius 3 is 2.80 bits per heavy atom. The lowest BCUT2D eigenvalue weighted by atomic mass is 9.79. The van der Waals surface area contributed by atoms with Crippen molar-refractivity contribution in [1.29, 1.82) is 0 Å². The van der Waals surface area contributed by atoms with Gasteiger partial charge in [-0.25, -0.2) is 0 Å². The largest absolute Gasteiger partial charge is 0.493 e. The highest BCUT2D eigenvalue weighted by Crippen LogP contribution is 2.44. The fourth-order valence-corrected chi connectivity index (χ4v) is 4.40. The van der Waals surface area contributed by atoms with E-state index in [0.717, 1.165) is 0 Å². The van der Waals surface area contributed by atoms with Crippen LogP contribution in [0.25, 0.3) is 0 Å². The lowest BCUT2D eigenvalue weighted by molar-refractivity contribution is -0.160. The molecule has 0 amide bonds. The van der Waals surface area contributed by atoms with Crippen LogP contribution in [0, 0.1) is 17.7 Å². The minimum Gasteiger partial charge on any atom is -0.493 e. The van der Waals surface area contributed by atoms with Crippen LogP contribution in [0.15, 0.2) is 12.1 Å². The van der Waals surface area contributed by atoms with Gasteiger partial charge in [0.25, 0.3) is 0 Å². The van der Waals surface area contributed by atoms with Gasteiger partial charge in [-0.05, 0) is 47.9 Å². The first-order valence-electron chi connectivity index (χ1n) is 16.5. The Balaban J connectivity index is 2.08. The first-order valence-corrected chi connectivity index (χ1v) is 10.0. The third-order valence-corrected chi connectivity index (χ3v) is 5.75. The number of nitrogens with two attached hydrogens (primary N) is 1. The van der Waals surface area contributed by atoms with Gasteiger partial charge in [0, 0.05) is 41.1 Å². The number of carbonyl (C=O) groups is 1. The Morgan fingerprint density at radius 2 is 2.13 bits per heavy atom. The summed E-state index contributed by atoms with van der Waals surface area (Å²) in [7, 11) is -1.69. The summed E-state index contributed by atoms with van der Waals surface area (Å²) in [6, 6.07) is -4.61. The van der Waals surface area contributed by atoms with E-state index in [1.165, 1.54) is 7.11 Å². The summed E-state index contributed by atoms with van der Waals surface area (Å²) in [6.45, 7) is -2.65. The number of rotatable bonds is 7. The predicted molar refractivity (Wildman–Crippen MR) is 118 cm³/mol. The number of fused-ring (bicyclic) bond motifs is 3. The maximum Gasteiger partial charge on any atom is 0.323 e. The second kappa shape index (κ2) is 9.56. The summed E-state index contributed by atoms with van der Waals surface area (Å²) < 4.78 is 119. The maximum absolute atomic E-state index is 13.4. The molecule has 2 aliphatic heterocycles. The zero-order chi connectivity index (χ0) is 33.1. The standard InChI is InChI=1S/C24H38N2O4/c1-14(2)9-17-13-26-8-7-16-10-21(28-5)22(29-6)11-18(16)19(26)12-20(17)30-24(27)23(25)15(3)4/h10-11,14-15,17,19-20,23H,7-9,12-13,25H2,1-6H3/t17?,19?,20?,23-/m0/s1/i3D3,4D3,5D3,10D,11D,15D,23D. The summed E-state index contributed by atoms with van der Waals surface area (Å²) in [6.07, 6.45) is -0.188. The molecule has 30 heavy (non-hydrogen) atoms. The molecule has 0 aliphatic carbocycles. The summed E-state index contributed by atoms with van der Waals surface area (Å²) in [5.74, 6) is -6.27. The molecule has 0 bridgehead atoms. The van der Waals surface area contributed by atoms with E-state index in [1.54, 1.807) is 0 Å². The van der Waals surface area contributed by atoms with E-state index in [9.17, 15) is 4.79 Å². The average Bonchev–Trinajstić information content (AvgIpc) is 2.83. The molecule has 0 radical (unpaired) electrons. The van der Waals surface area contributed by atoms with Crippen molar-refractivity contribution in [2.24, 2.45) is 23.5 Å². The van der Waals surface area contributed by atoms with E-state index in [1.807, 2.05) is 18.7 Å². The van der Waals surface area contributed by atoms with E-state index in [4.69, 9.17) is 37.8 Å². The number of ether oxygens (including phenoxy) is 3. The van der Waals surface area contributed by atoms with Crippen molar-refractivity contribution < 1.29 is 36.8 Å². The van der Waals surface area contributed by atoms with Gasteiger partial charge in [-0.15, -0.1) is 0 Å². The van der Waals surface area contributed by atoms with Gasteiger partial charge in [0.05, 0.1) is 22.4 Å². The second-order valence-corrected chi connectivity index (χ2v) is 8.23. The van der Waals surface area contributed by atoms with E-state index in [2.05, 4.69) is 0 Å². The number of hydrogen-bond acceptors (Lipinski definition) is 6. The van der Waals surface area contributed by atoms with Gasteiger partial charge in [-0.2, -0.15) is 0 Å². The molecule has 0 spiro atoms. The summed E-state index contributed by atoms with van der Waals surface area (Å²) >= 11 is 0. The van der Waals surface area contributed by atoms with Gasteiger partial charge in [0.2, 0.25) is 0 Å². The molecule has 4 atom stereocenters. The number of benzene rings is 1. The molecule has 168 valence electrons. The highest BCUT2D eigenvalue weighted by Gasteiger charge is 2.41. The molecule has 6 nitrogen and oxygen atoms in total. The van der Waals surface area contributed by atoms with Gasteiger partial charge in [0.15, 0.2) is 11.5 Å². The summed E-state index contributed by atoms with van der Waals surface area (Å²) in [4.78, 5) is 15.4. The minimum atomic E-state index is -3.71. The third-order valence-electron chi connectivity index (χ3n) is 5.75. The molecule has 1 aromatic carbocycles. The van der Waals surface area contributed by atoms with E-state index in [-0.39, 0.29) is 41.8 Å². The SMILES string of the molecule is [2H]c1c2c(c([2H])c(OC)c1OC([2H])([2H])[2H])C1CC(OC(=O)[C@@]([2H])(N)C([2H])(C([2H])([2H])[2H])C([2H])([2H])[2H])C(CC(C)C)CN1CC2. The van der Waals surface area contributed by atoms with Crippen LogP contribution in [-0.2, 0) is 16.0 Å². The van der Waals surface area contributed by atoms with Crippen LogP contribution in [0.4, 0.5) is 0 Å². The Morgan fingerprint density at radius 1 is 1.37 bits per heavy atom. The van der Waals surface area contributed by atoms with E-state index in [0.29, 0.717) is 37.1 Å². The molecular formula is C24H38N2O4. The second-order valence-electron chi connectivity index (χ2n) is 8.23. The molecule has 0 aromatic heterocycles. The topological polar surface area (TPSA) is 74.0 Å². The minimum absolute atomic E-state index is 0.00664. The highest BCUT2D eigenvalue weighted by molar-refractivity contribution is 5.76. The number of hydrogen-bond donors (Lipinski definition) is 1. The van der Waals surface area contributed by atoms with E-state index < -0.39 is 50.8 Å². The molecule has 0 saturated carbocycles. The number of nitrogens with zero attached hydrogens (tertiary/aromatic N) is 1. The maximum atomic E-state index is 13.4. The smallest absolute Gasteiger partial charge is 0.323 e. The van der Waals surface area contributed by atoms with Gasteiger partial charge < -0.3 is 19.9 Å². The Bertz CT molecular complexity index is 1200. The summed E-state index contributed by atoms with van der Waals surface area (Å²) in [5.41, 5.74) is 6.49. The van der Waals surface area contributed by atoms with Crippen LogP contribution in [0.1, 0.15) is 75.4 Å². The molecular weight excluding hydrogens is 380 g/mol. The molecule has 3 unspecified atom stereocenters. The molecule has 2 heterocycles. The quantitative estimate of drug-likeness (QED) is 0.666. The molecule has 2 N–H and O–H groups in total. The third kappa shape index (κ3) is 4.75. The van der Waals surface area contributed by atoms with E-state index >= 15 is 0 Å². The predicted octanol–water partition coefficient (Wildman–Crippen LogP) is 3.56. The number of esters is 1. The van der Waals surface area contributed by atoms with Crippen molar-refractivity contribution in [3.63, 3.8) is 0 Å². The fourth-order valence-electron chi connectivity index (χ4n) is 4.40. The van der Waals surface area contributed by atoms with Crippen molar-refractivity contribution in [2.45, 2.75) is 65.0 Å². The number of carbonyl (C=O) groups excluding carboxylic acids is 1. The van der Waals surface area contributed by atoms with Crippen LogP contribution in [0.3, 0.4) is 0 Å². The van der Waals surface area contributed by atoms with Crippen LogP contribution in [-0.4, -0.2) is 50.2 Å². The van der Waals surface area contributed by atoms with Gasteiger partial charge in [0.1, 0.15) is 12.1 Å². The zero-order valence-corrected chi connectivity index (χ0v) is 17.5. The van der Waals surface area contributed by atoms with Crippen LogP contribution in [0.2, 0.25) is 0 Å². The average molecular weight is 432 g/mol. The monoisotopic (exact) mass is 431 g/mol. The first-order chi connectivity index (χ1) is 19.4. The first kappa shape index (κ1) is 11.2. The van der Waals surface area contributed by atoms with Crippen molar-refractivity contribution in [3.8, 4) is 11.5 Å². The molecule has 1 aromatic rings. The number of methoxy groups -OCH3 is 2. The Kier molecular flexibility index (Phi) is 3.57. The van der Waals surface area contributed by atoms with Crippen LogP contribution in [0.5, 0.6) is 11.5 Å². The Hall–Kier alpha value is -1.79. The zero-order valence-electron chi connectivity index (χ0n) is 30.5. The lowest BCUT2D eigenvalue weighted by Gasteiger charge is -2.47. The van der Waals surface area contributed by atoms with Gasteiger partial charge in [-0.3, -0.25) is 9.69 Å². The fraction of sp³-hybridized carbons (Fsp3) is 0.708. The van der Waals surface area contributed by atoms with Crippen molar-refractivity contribution in [3.05, 3.63) is 23.2 Å².